The summed E-state index contributed by atoms with van der Waals surface area (Å²) >= 11 is 0. The molecule has 11 heavy (non-hydrogen) atoms. The van der Waals surface area contributed by atoms with Crippen LogP contribution >= 0.6 is 0 Å². The molecule has 0 aliphatic carbocycles. The number of ether oxygens (including phenoxy) is 1. The van der Waals surface area contributed by atoms with Gasteiger partial charge in [0, 0.05) is 6.20 Å². The highest BCUT2D eigenvalue weighted by molar-refractivity contribution is 5.54. The minimum absolute atomic E-state index is 0.0549. The maximum Gasteiger partial charge on any atom is 0.171 e. The molecule has 0 saturated heterocycles. The first kappa shape index (κ1) is 6.46. The molecule has 0 spiro atoms. The molecule has 2 heterocycles. The molecule has 3 nitrogen and oxygen atoms in total. The third kappa shape index (κ3) is 1.02. The lowest BCUT2D eigenvalue weighted by atomic mass is 10.3. The highest BCUT2D eigenvalue weighted by Gasteiger charge is 2.17. The van der Waals surface area contributed by atoms with Crippen molar-refractivity contribution >= 4 is 5.82 Å². The van der Waals surface area contributed by atoms with Crippen molar-refractivity contribution in [3.05, 3.63) is 17.8 Å². The lowest BCUT2D eigenvalue weighted by Gasteiger charge is -2.00. The topological polar surface area (TPSA) is 34.1 Å². The van der Waals surface area contributed by atoms with Crippen LogP contribution in [0.15, 0.2) is 12.3 Å². The Morgan fingerprint density at radius 2 is 2.45 bits per heavy atom. The minimum Gasteiger partial charge on any atom is -0.467 e. The van der Waals surface area contributed by atoms with Gasteiger partial charge in [-0.1, -0.05) is 0 Å². The van der Waals surface area contributed by atoms with Crippen molar-refractivity contribution in [3.8, 4) is 5.75 Å². The SMILES string of the molecule is Cc1cnc2c(c1)OC(C)N2. The zero-order valence-corrected chi connectivity index (χ0v) is 6.59. The Kier molecular flexibility index (Phi) is 1.24. The van der Waals surface area contributed by atoms with Gasteiger partial charge in [0.1, 0.15) is 0 Å². The van der Waals surface area contributed by atoms with Gasteiger partial charge >= 0.3 is 0 Å². The fraction of sp³-hybridized carbons (Fsp3) is 0.375. The van der Waals surface area contributed by atoms with Crippen molar-refractivity contribution < 1.29 is 4.74 Å². The molecular weight excluding hydrogens is 140 g/mol. The predicted molar refractivity (Wildman–Crippen MR) is 42.7 cm³/mol. The highest BCUT2D eigenvalue weighted by Crippen LogP contribution is 2.29. The van der Waals surface area contributed by atoms with Gasteiger partial charge in [0.15, 0.2) is 17.8 Å². The van der Waals surface area contributed by atoms with E-state index in [0.29, 0.717) is 0 Å². The second-order valence-electron chi connectivity index (χ2n) is 2.76. The molecule has 1 aromatic rings. The number of hydrogen-bond donors (Lipinski definition) is 1. The van der Waals surface area contributed by atoms with Crippen LogP contribution in [-0.2, 0) is 0 Å². The molecule has 1 N–H and O–H groups in total. The Bertz CT molecular complexity index is 285. The smallest absolute Gasteiger partial charge is 0.171 e. The predicted octanol–water partition coefficient (Wildman–Crippen LogP) is 1.54. The minimum atomic E-state index is 0.0549. The molecule has 0 fully saturated rings. The van der Waals surface area contributed by atoms with Gasteiger partial charge < -0.3 is 10.1 Å². The summed E-state index contributed by atoms with van der Waals surface area (Å²) < 4.78 is 5.41. The molecule has 0 saturated carbocycles. The van der Waals surface area contributed by atoms with Crippen molar-refractivity contribution in [2.24, 2.45) is 0 Å². The van der Waals surface area contributed by atoms with Crippen molar-refractivity contribution in [1.82, 2.24) is 4.98 Å². The summed E-state index contributed by atoms with van der Waals surface area (Å²) in [5, 5.41) is 3.09. The number of fused-ring (bicyclic) bond motifs is 1. The number of nitrogens with one attached hydrogen (secondary N) is 1. The van der Waals surface area contributed by atoms with E-state index in [2.05, 4.69) is 10.3 Å². The average molecular weight is 150 g/mol. The highest BCUT2D eigenvalue weighted by atomic mass is 16.5. The lowest BCUT2D eigenvalue weighted by Crippen LogP contribution is -2.14. The van der Waals surface area contributed by atoms with Gasteiger partial charge in [0.05, 0.1) is 0 Å². The first-order valence-electron chi connectivity index (χ1n) is 3.65. The van der Waals surface area contributed by atoms with E-state index in [1.807, 2.05) is 26.1 Å². The number of anilines is 1. The largest absolute Gasteiger partial charge is 0.467 e. The van der Waals surface area contributed by atoms with Crippen LogP contribution in [0.2, 0.25) is 0 Å². The third-order valence-electron chi connectivity index (χ3n) is 1.63. The van der Waals surface area contributed by atoms with E-state index < -0.39 is 0 Å². The van der Waals surface area contributed by atoms with E-state index in [1.165, 1.54) is 0 Å². The monoisotopic (exact) mass is 150 g/mol. The first-order valence-corrected chi connectivity index (χ1v) is 3.65. The van der Waals surface area contributed by atoms with Crippen LogP contribution in [0.4, 0.5) is 5.82 Å². The summed E-state index contributed by atoms with van der Waals surface area (Å²) in [6.45, 7) is 3.96. The summed E-state index contributed by atoms with van der Waals surface area (Å²) in [6, 6.07) is 1.98. The zero-order valence-electron chi connectivity index (χ0n) is 6.59. The first-order chi connectivity index (χ1) is 5.25. The van der Waals surface area contributed by atoms with Crippen LogP contribution < -0.4 is 10.1 Å². The van der Waals surface area contributed by atoms with E-state index in [9.17, 15) is 0 Å². The lowest BCUT2D eigenvalue weighted by molar-refractivity contribution is 0.274. The van der Waals surface area contributed by atoms with Gasteiger partial charge in [-0.3, -0.25) is 0 Å². The Labute approximate surface area is 65.4 Å². The van der Waals surface area contributed by atoms with Gasteiger partial charge in [-0.05, 0) is 25.5 Å². The van der Waals surface area contributed by atoms with Crippen LogP contribution in [-0.4, -0.2) is 11.2 Å². The molecule has 3 heteroatoms. The molecule has 0 radical (unpaired) electrons. The average Bonchev–Trinajstić information content (AvgIpc) is 2.27. The van der Waals surface area contributed by atoms with Crippen LogP contribution in [0.25, 0.3) is 0 Å². The number of aromatic nitrogens is 1. The number of rotatable bonds is 0. The molecule has 1 atom stereocenters. The molecule has 1 aliphatic rings. The van der Waals surface area contributed by atoms with Crippen molar-refractivity contribution in [1.29, 1.82) is 0 Å². The molecule has 2 rings (SSSR count). The van der Waals surface area contributed by atoms with E-state index in [4.69, 9.17) is 4.74 Å². The van der Waals surface area contributed by atoms with Crippen molar-refractivity contribution in [2.45, 2.75) is 20.1 Å². The summed E-state index contributed by atoms with van der Waals surface area (Å²) in [4.78, 5) is 4.17. The van der Waals surface area contributed by atoms with E-state index in [-0.39, 0.29) is 6.23 Å². The summed E-state index contributed by atoms with van der Waals surface area (Å²) in [5.74, 6) is 1.71. The summed E-state index contributed by atoms with van der Waals surface area (Å²) in [6.07, 6.45) is 1.88. The second-order valence-corrected chi connectivity index (χ2v) is 2.76. The quantitative estimate of drug-likeness (QED) is 0.609. The fourth-order valence-electron chi connectivity index (χ4n) is 1.15. The summed E-state index contributed by atoms with van der Waals surface area (Å²) in [5.41, 5.74) is 1.12. The summed E-state index contributed by atoms with van der Waals surface area (Å²) in [7, 11) is 0. The molecule has 1 aliphatic heterocycles. The van der Waals surface area contributed by atoms with Gasteiger partial charge in [-0.15, -0.1) is 0 Å². The van der Waals surface area contributed by atoms with Crippen LogP contribution in [0.1, 0.15) is 12.5 Å². The van der Waals surface area contributed by atoms with Crippen LogP contribution in [0.5, 0.6) is 5.75 Å². The van der Waals surface area contributed by atoms with Gasteiger partial charge in [0.25, 0.3) is 0 Å². The maximum absolute atomic E-state index is 5.41. The Morgan fingerprint density at radius 3 is 3.27 bits per heavy atom. The fourth-order valence-corrected chi connectivity index (χ4v) is 1.15. The number of pyridine rings is 1. The molecule has 1 aromatic heterocycles. The van der Waals surface area contributed by atoms with Crippen molar-refractivity contribution in [3.63, 3.8) is 0 Å². The maximum atomic E-state index is 5.41. The number of nitrogens with zero attached hydrogens (tertiary/aromatic N) is 1. The molecular formula is C8H10N2O. The molecule has 0 aromatic carbocycles. The normalized spacial score (nSPS) is 20.4. The molecule has 58 valence electrons. The van der Waals surface area contributed by atoms with E-state index in [0.717, 1.165) is 17.1 Å². The van der Waals surface area contributed by atoms with Crippen LogP contribution in [0.3, 0.4) is 0 Å². The van der Waals surface area contributed by atoms with Crippen molar-refractivity contribution in [2.75, 3.05) is 5.32 Å². The zero-order chi connectivity index (χ0) is 7.84. The van der Waals surface area contributed by atoms with E-state index in [1.54, 1.807) is 0 Å². The standard InChI is InChI=1S/C8H10N2O/c1-5-3-7-8(9-4-5)10-6(2)11-7/h3-4,6H,1-2H3,(H,9,10). The second kappa shape index (κ2) is 2.12. The molecule has 0 amide bonds. The van der Waals surface area contributed by atoms with Crippen LogP contribution in [0, 0.1) is 6.92 Å². The molecule has 0 bridgehead atoms. The number of aryl methyl sites for hydroxylation is 1. The van der Waals surface area contributed by atoms with Gasteiger partial charge in [-0.2, -0.15) is 0 Å². The number of hydrogen-bond acceptors (Lipinski definition) is 3. The van der Waals surface area contributed by atoms with E-state index >= 15 is 0 Å². The van der Waals surface area contributed by atoms with Gasteiger partial charge in [-0.25, -0.2) is 4.98 Å². The Balaban J connectivity index is 2.43. The Morgan fingerprint density at radius 1 is 1.64 bits per heavy atom. The third-order valence-corrected chi connectivity index (χ3v) is 1.63. The Hall–Kier alpha value is -1.25. The van der Waals surface area contributed by atoms with Gasteiger partial charge in [0.2, 0.25) is 0 Å². The molecule has 1 unspecified atom stereocenters.